The predicted octanol–water partition coefficient (Wildman–Crippen LogP) is 6.51. The van der Waals surface area contributed by atoms with Crippen LogP contribution in [0.15, 0.2) is 55.4 Å². The van der Waals surface area contributed by atoms with Crippen LogP contribution in [0.3, 0.4) is 0 Å². The zero-order chi connectivity index (χ0) is 28.7. The number of fused-ring (bicyclic) bond motifs is 1. The summed E-state index contributed by atoms with van der Waals surface area (Å²) in [5, 5.41) is 0. The number of piperazine rings is 1. The second-order valence-electron chi connectivity index (χ2n) is 11.6. The van der Waals surface area contributed by atoms with Gasteiger partial charge >= 0.3 is 12.2 Å². The van der Waals surface area contributed by atoms with Crippen LogP contribution in [0.25, 0.3) is 11.1 Å². The van der Waals surface area contributed by atoms with Crippen LogP contribution >= 0.6 is 0 Å². The lowest BCUT2D eigenvalue weighted by Gasteiger charge is -2.41. The number of anilines is 1. The number of ether oxygens (including phenoxy) is 2. The normalized spacial score (nSPS) is 19.7. The highest BCUT2D eigenvalue weighted by Crippen LogP contribution is 2.47. The van der Waals surface area contributed by atoms with Gasteiger partial charge in [0.1, 0.15) is 23.5 Å². The molecule has 1 aromatic carbocycles. The Balaban J connectivity index is 1.43. The largest absolute Gasteiger partial charge is 0.444 e. The zero-order valence-corrected chi connectivity index (χ0v) is 23.5. The molecule has 0 radical (unpaired) electrons. The molecule has 1 aromatic heterocycles. The molecule has 1 atom stereocenters. The topological polar surface area (TPSA) is 67.8 Å². The minimum Gasteiger partial charge on any atom is -0.444 e. The average Bonchev–Trinajstić information content (AvgIpc) is 3.74. The molecule has 3 aliphatic rings. The van der Waals surface area contributed by atoms with Crippen LogP contribution < -0.4 is 9.64 Å². The minimum atomic E-state index is -3.45. The zero-order valence-electron chi connectivity index (χ0n) is 23.5. The van der Waals surface area contributed by atoms with E-state index in [1.54, 1.807) is 23.4 Å². The number of rotatable bonds is 6. The first-order valence-corrected chi connectivity index (χ1v) is 13.7. The van der Waals surface area contributed by atoms with E-state index in [1.807, 2.05) is 26.8 Å². The third-order valence-corrected chi connectivity index (χ3v) is 7.28. The number of aromatic nitrogens is 2. The quantitative estimate of drug-likeness (QED) is 0.382. The molecule has 2 aliphatic carbocycles. The van der Waals surface area contributed by atoms with Gasteiger partial charge in [-0.05, 0) is 75.3 Å². The number of hydrogen-bond acceptors (Lipinski definition) is 6. The highest BCUT2D eigenvalue weighted by atomic mass is 19.3. The molecule has 1 saturated carbocycles. The highest BCUT2D eigenvalue weighted by molar-refractivity contribution is 5.85. The lowest BCUT2D eigenvalue weighted by atomic mass is 9.96. The molecule has 0 spiro atoms. The van der Waals surface area contributed by atoms with Crippen LogP contribution in [0, 0.1) is 5.92 Å². The van der Waals surface area contributed by atoms with Crippen molar-refractivity contribution in [1.29, 1.82) is 0 Å². The number of allylic oxidation sites excluding steroid dienone is 4. The number of nitrogens with zero attached hydrogens (tertiary/aromatic N) is 4. The summed E-state index contributed by atoms with van der Waals surface area (Å²) in [6, 6.07) is 6.76. The molecule has 7 nitrogen and oxygen atoms in total. The van der Waals surface area contributed by atoms with Gasteiger partial charge in [0.05, 0.1) is 5.69 Å². The van der Waals surface area contributed by atoms with E-state index in [-0.39, 0.29) is 17.9 Å². The van der Waals surface area contributed by atoms with Gasteiger partial charge in [0.2, 0.25) is 0 Å². The van der Waals surface area contributed by atoms with E-state index in [9.17, 15) is 13.6 Å². The standard InChI is InChI=1S/C31H36F2N4O3/c1-6-31(32,33)39-24-9-7-8-22(16-24)23-12-13-25(21-10-11-21)27-26(17-23)34-19-35-28(27)37-15-14-36(18-20(37)2)29(38)40-30(3,4)5/h6-9,12-13,16,19-21H,1,10-11,14-15,17-18H2,2-5H3/t20-/m0/s1. The Hall–Kier alpha value is -3.75. The average molecular weight is 551 g/mol. The van der Waals surface area contributed by atoms with Gasteiger partial charge in [-0.15, -0.1) is 0 Å². The maximum atomic E-state index is 13.8. The highest BCUT2D eigenvalue weighted by Gasteiger charge is 2.36. The fraction of sp³-hybridized carbons (Fsp3) is 0.452. The fourth-order valence-electron chi connectivity index (χ4n) is 5.23. The van der Waals surface area contributed by atoms with Gasteiger partial charge in [-0.2, -0.15) is 8.78 Å². The molecule has 212 valence electrons. The molecular formula is C31H36F2N4O3. The van der Waals surface area contributed by atoms with Crippen molar-refractivity contribution >= 4 is 23.1 Å². The van der Waals surface area contributed by atoms with Gasteiger partial charge < -0.3 is 19.3 Å². The number of carbonyl (C=O) groups excluding carboxylic acids is 1. The van der Waals surface area contributed by atoms with E-state index >= 15 is 0 Å². The molecule has 2 aromatic rings. The van der Waals surface area contributed by atoms with E-state index in [4.69, 9.17) is 19.4 Å². The summed E-state index contributed by atoms with van der Waals surface area (Å²) in [6.07, 6.45) is 5.25. The second kappa shape index (κ2) is 10.7. The van der Waals surface area contributed by atoms with Gasteiger partial charge in [0.25, 0.3) is 0 Å². The number of carbonyl (C=O) groups is 1. The molecule has 9 heteroatoms. The van der Waals surface area contributed by atoms with Gasteiger partial charge in [0, 0.05) is 43.7 Å². The lowest BCUT2D eigenvalue weighted by Crippen LogP contribution is -2.55. The summed E-state index contributed by atoms with van der Waals surface area (Å²) < 4.78 is 38.1. The van der Waals surface area contributed by atoms with E-state index in [0.717, 1.165) is 41.1 Å². The Morgan fingerprint density at radius 2 is 1.93 bits per heavy atom. The first-order chi connectivity index (χ1) is 18.9. The molecule has 0 unspecified atom stereocenters. The van der Waals surface area contributed by atoms with E-state index < -0.39 is 11.7 Å². The van der Waals surface area contributed by atoms with Crippen molar-refractivity contribution in [3.8, 4) is 5.75 Å². The summed E-state index contributed by atoms with van der Waals surface area (Å²) in [4.78, 5) is 26.2. The molecular weight excluding hydrogens is 514 g/mol. The van der Waals surface area contributed by atoms with Crippen molar-refractivity contribution in [2.24, 2.45) is 5.92 Å². The van der Waals surface area contributed by atoms with E-state index in [2.05, 4.69) is 30.6 Å². The van der Waals surface area contributed by atoms with Gasteiger partial charge in [0.15, 0.2) is 0 Å². The van der Waals surface area contributed by atoms with Crippen LogP contribution in [0.2, 0.25) is 0 Å². The maximum Gasteiger partial charge on any atom is 0.419 e. The van der Waals surface area contributed by atoms with Crippen molar-refractivity contribution in [1.82, 2.24) is 14.9 Å². The number of halogens is 2. The van der Waals surface area contributed by atoms with Crippen LogP contribution in [0.1, 0.15) is 57.4 Å². The molecule has 1 amide bonds. The van der Waals surface area contributed by atoms with Gasteiger partial charge in [-0.25, -0.2) is 14.8 Å². The Kier molecular flexibility index (Phi) is 7.42. The first-order valence-electron chi connectivity index (χ1n) is 13.7. The summed E-state index contributed by atoms with van der Waals surface area (Å²) in [5.74, 6) is 1.37. The molecule has 2 fully saturated rings. The van der Waals surface area contributed by atoms with E-state index in [0.29, 0.717) is 38.0 Å². The lowest BCUT2D eigenvalue weighted by molar-refractivity contribution is -0.131. The number of hydrogen-bond donors (Lipinski definition) is 0. The molecule has 2 heterocycles. The SMILES string of the molecule is C=CC(F)(F)Oc1cccc(C2=CC=C(C3CC3)c3c(ncnc3N3CCN(C(=O)OC(C)(C)C)C[C@@H]3C)C2)c1. The van der Waals surface area contributed by atoms with Crippen molar-refractivity contribution in [3.05, 3.63) is 72.2 Å². The Morgan fingerprint density at radius 3 is 2.60 bits per heavy atom. The number of amides is 1. The van der Waals surface area contributed by atoms with Crippen LogP contribution in [0.5, 0.6) is 5.75 Å². The Morgan fingerprint density at radius 1 is 1.15 bits per heavy atom. The summed E-state index contributed by atoms with van der Waals surface area (Å²) in [7, 11) is 0. The number of alkyl halides is 2. The molecule has 1 aliphatic heterocycles. The van der Waals surface area contributed by atoms with Crippen LogP contribution in [-0.2, 0) is 11.2 Å². The predicted molar refractivity (Wildman–Crippen MR) is 151 cm³/mol. The molecule has 5 rings (SSSR count). The van der Waals surface area contributed by atoms with Crippen molar-refractivity contribution in [2.75, 3.05) is 24.5 Å². The Bertz CT molecular complexity index is 1360. The Labute approximate surface area is 234 Å². The van der Waals surface area contributed by atoms with Crippen molar-refractivity contribution < 1.29 is 23.0 Å². The van der Waals surface area contributed by atoms with Crippen LogP contribution in [-0.4, -0.2) is 58.3 Å². The van der Waals surface area contributed by atoms with Crippen molar-refractivity contribution in [3.63, 3.8) is 0 Å². The summed E-state index contributed by atoms with van der Waals surface area (Å²) in [5.41, 5.74) is 4.34. The molecule has 1 saturated heterocycles. The second-order valence-corrected chi connectivity index (χ2v) is 11.6. The monoisotopic (exact) mass is 550 g/mol. The molecule has 40 heavy (non-hydrogen) atoms. The third-order valence-electron chi connectivity index (χ3n) is 7.28. The van der Waals surface area contributed by atoms with Gasteiger partial charge in [-0.3, -0.25) is 0 Å². The molecule has 0 bridgehead atoms. The summed E-state index contributed by atoms with van der Waals surface area (Å²) >= 11 is 0. The van der Waals surface area contributed by atoms with Gasteiger partial charge in [-0.1, -0.05) is 30.9 Å². The van der Waals surface area contributed by atoms with E-state index in [1.165, 1.54) is 11.6 Å². The summed E-state index contributed by atoms with van der Waals surface area (Å²) in [6.45, 7) is 12.5. The van der Waals surface area contributed by atoms with Crippen molar-refractivity contribution in [2.45, 2.75) is 64.7 Å². The third kappa shape index (κ3) is 6.18. The van der Waals surface area contributed by atoms with Crippen LogP contribution in [0.4, 0.5) is 19.4 Å². The first kappa shape index (κ1) is 27.8. The fourth-order valence-corrected chi connectivity index (χ4v) is 5.23. The smallest absolute Gasteiger partial charge is 0.419 e. The number of benzene rings is 1. The molecule has 0 N–H and O–H groups in total. The minimum absolute atomic E-state index is 0.0248. The maximum absolute atomic E-state index is 13.8.